The standard InChI is InChI=1S/C16H22FN3O2/c1-19(2)16(22)14-8-5-9-20(14)11-15(21)18-10-12-6-3-4-7-13(12)17/h3-4,6-7,14H,5,8-11H2,1-2H3,(H,18,21). The van der Waals surface area contributed by atoms with E-state index >= 15 is 0 Å². The van der Waals surface area contributed by atoms with Crippen LogP contribution in [0.5, 0.6) is 0 Å². The topological polar surface area (TPSA) is 52.7 Å². The van der Waals surface area contributed by atoms with Crippen molar-refractivity contribution in [1.29, 1.82) is 0 Å². The van der Waals surface area contributed by atoms with Crippen molar-refractivity contribution in [2.75, 3.05) is 27.2 Å². The number of likely N-dealkylation sites (N-methyl/N-ethyl adjacent to an activating group) is 1. The van der Waals surface area contributed by atoms with Crippen LogP contribution in [-0.2, 0) is 16.1 Å². The van der Waals surface area contributed by atoms with Crippen molar-refractivity contribution in [2.24, 2.45) is 0 Å². The summed E-state index contributed by atoms with van der Waals surface area (Å²) in [5.41, 5.74) is 0.457. The van der Waals surface area contributed by atoms with Gasteiger partial charge in [-0.1, -0.05) is 18.2 Å². The number of rotatable bonds is 5. The van der Waals surface area contributed by atoms with Gasteiger partial charge in [0.1, 0.15) is 5.82 Å². The highest BCUT2D eigenvalue weighted by Crippen LogP contribution is 2.18. The number of hydrogen-bond acceptors (Lipinski definition) is 3. The number of benzene rings is 1. The molecule has 0 spiro atoms. The third-order valence-electron chi connectivity index (χ3n) is 3.87. The lowest BCUT2D eigenvalue weighted by molar-refractivity contribution is -0.134. The van der Waals surface area contributed by atoms with Crippen LogP contribution in [0.1, 0.15) is 18.4 Å². The number of carbonyl (C=O) groups excluding carboxylic acids is 2. The summed E-state index contributed by atoms with van der Waals surface area (Å²) in [4.78, 5) is 27.5. The first-order valence-corrected chi connectivity index (χ1v) is 7.44. The molecule has 6 heteroatoms. The molecule has 1 aromatic rings. The highest BCUT2D eigenvalue weighted by Gasteiger charge is 2.32. The Balaban J connectivity index is 1.86. The summed E-state index contributed by atoms with van der Waals surface area (Å²) in [6.07, 6.45) is 1.68. The summed E-state index contributed by atoms with van der Waals surface area (Å²) < 4.78 is 13.5. The SMILES string of the molecule is CN(C)C(=O)C1CCCN1CC(=O)NCc1ccccc1F. The van der Waals surface area contributed by atoms with Gasteiger partial charge in [-0.3, -0.25) is 14.5 Å². The molecule has 0 saturated carbocycles. The van der Waals surface area contributed by atoms with Crippen LogP contribution in [0.25, 0.3) is 0 Å². The van der Waals surface area contributed by atoms with Crippen LogP contribution >= 0.6 is 0 Å². The van der Waals surface area contributed by atoms with Crippen molar-refractivity contribution in [1.82, 2.24) is 15.1 Å². The van der Waals surface area contributed by atoms with Crippen LogP contribution in [0, 0.1) is 5.82 Å². The van der Waals surface area contributed by atoms with Gasteiger partial charge in [-0.2, -0.15) is 0 Å². The molecule has 1 N–H and O–H groups in total. The van der Waals surface area contributed by atoms with Crippen LogP contribution in [0.15, 0.2) is 24.3 Å². The molecule has 1 aliphatic heterocycles. The van der Waals surface area contributed by atoms with Gasteiger partial charge in [-0.15, -0.1) is 0 Å². The van der Waals surface area contributed by atoms with E-state index in [0.717, 1.165) is 19.4 Å². The van der Waals surface area contributed by atoms with Gasteiger partial charge in [0.2, 0.25) is 11.8 Å². The molecule has 1 unspecified atom stereocenters. The monoisotopic (exact) mass is 307 g/mol. The third-order valence-corrected chi connectivity index (χ3v) is 3.87. The Morgan fingerprint density at radius 2 is 2.09 bits per heavy atom. The number of amides is 2. The van der Waals surface area contributed by atoms with Gasteiger partial charge >= 0.3 is 0 Å². The molecule has 0 aromatic heterocycles. The Morgan fingerprint density at radius 1 is 1.36 bits per heavy atom. The molecule has 0 bridgehead atoms. The Labute approximate surface area is 130 Å². The summed E-state index contributed by atoms with van der Waals surface area (Å²) >= 11 is 0. The predicted molar refractivity (Wildman–Crippen MR) is 81.5 cm³/mol. The molecule has 1 aromatic carbocycles. The van der Waals surface area contributed by atoms with Crippen molar-refractivity contribution in [2.45, 2.75) is 25.4 Å². The first kappa shape index (κ1) is 16.4. The van der Waals surface area contributed by atoms with Gasteiger partial charge in [-0.05, 0) is 25.5 Å². The highest BCUT2D eigenvalue weighted by molar-refractivity contribution is 5.83. The van der Waals surface area contributed by atoms with E-state index in [1.165, 1.54) is 6.07 Å². The summed E-state index contributed by atoms with van der Waals surface area (Å²) in [5.74, 6) is -0.495. The van der Waals surface area contributed by atoms with E-state index in [2.05, 4.69) is 5.32 Å². The van der Waals surface area contributed by atoms with Crippen LogP contribution in [0.2, 0.25) is 0 Å². The van der Waals surface area contributed by atoms with Crippen LogP contribution in [0.4, 0.5) is 4.39 Å². The minimum absolute atomic E-state index is 0.0272. The molecule has 22 heavy (non-hydrogen) atoms. The first-order chi connectivity index (χ1) is 10.5. The zero-order valence-electron chi connectivity index (χ0n) is 13.0. The number of nitrogens with zero attached hydrogens (tertiary/aromatic N) is 2. The molecule has 5 nitrogen and oxygen atoms in total. The summed E-state index contributed by atoms with van der Waals surface area (Å²) in [5, 5.41) is 2.71. The largest absolute Gasteiger partial charge is 0.351 e. The maximum atomic E-state index is 13.5. The number of likely N-dealkylation sites (tertiary alicyclic amines) is 1. The molecule has 0 aliphatic carbocycles. The molecule has 1 saturated heterocycles. The Hall–Kier alpha value is -1.95. The van der Waals surface area contributed by atoms with Crippen molar-refractivity contribution in [3.05, 3.63) is 35.6 Å². The second kappa shape index (κ2) is 7.35. The fourth-order valence-electron chi connectivity index (χ4n) is 2.67. The first-order valence-electron chi connectivity index (χ1n) is 7.44. The van der Waals surface area contributed by atoms with Crippen LogP contribution in [-0.4, -0.2) is 54.8 Å². The second-order valence-corrected chi connectivity index (χ2v) is 5.73. The van der Waals surface area contributed by atoms with Gasteiger partial charge in [0.15, 0.2) is 0 Å². The second-order valence-electron chi connectivity index (χ2n) is 5.73. The van der Waals surface area contributed by atoms with Crippen LogP contribution < -0.4 is 5.32 Å². The van der Waals surface area contributed by atoms with E-state index < -0.39 is 0 Å². The molecule has 120 valence electrons. The van der Waals surface area contributed by atoms with Crippen molar-refractivity contribution in [3.8, 4) is 0 Å². The van der Waals surface area contributed by atoms with E-state index in [4.69, 9.17) is 0 Å². The molecule has 1 heterocycles. The maximum absolute atomic E-state index is 13.5. The smallest absolute Gasteiger partial charge is 0.239 e. The molecule has 2 amide bonds. The zero-order chi connectivity index (χ0) is 16.1. The Kier molecular flexibility index (Phi) is 5.49. The fourth-order valence-corrected chi connectivity index (χ4v) is 2.67. The Bertz CT molecular complexity index is 548. The van der Waals surface area contributed by atoms with Gasteiger partial charge in [-0.25, -0.2) is 4.39 Å². The normalized spacial score (nSPS) is 18.2. The molecular weight excluding hydrogens is 285 g/mol. The molecular formula is C16H22FN3O2. The van der Waals surface area contributed by atoms with E-state index in [0.29, 0.717) is 5.56 Å². The lowest BCUT2D eigenvalue weighted by Gasteiger charge is -2.25. The molecule has 0 radical (unpaired) electrons. The van der Waals surface area contributed by atoms with Crippen molar-refractivity contribution >= 4 is 11.8 Å². The lowest BCUT2D eigenvalue weighted by atomic mass is 10.2. The maximum Gasteiger partial charge on any atom is 0.239 e. The quantitative estimate of drug-likeness (QED) is 0.883. The van der Waals surface area contributed by atoms with Crippen molar-refractivity contribution in [3.63, 3.8) is 0 Å². The molecule has 2 rings (SSSR count). The number of carbonyl (C=O) groups is 2. The Morgan fingerprint density at radius 3 is 2.77 bits per heavy atom. The number of hydrogen-bond donors (Lipinski definition) is 1. The van der Waals surface area contributed by atoms with Crippen molar-refractivity contribution < 1.29 is 14.0 Å². The summed E-state index contributed by atoms with van der Waals surface area (Å²) in [6.45, 7) is 1.06. The van der Waals surface area contributed by atoms with Gasteiger partial charge in [0, 0.05) is 26.2 Å². The summed E-state index contributed by atoms with van der Waals surface area (Å²) in [6, 6.07) is 6.13. The molecule has 1 fully saturated rings. The van der Waals surface area contributed by atoms with E-state index in [9.17, 15) is 14.0 Å². The molecule has 1 atom stereocenters. The highest BCUT2D eigenvalue weighted by atomic mass is 19.1. The number of nitrogens with one attached hydrogen (secondary N) is 1. The van der Waals surface area contributed by atoms with Gasteiger partial charge in [0.05, 0.1) is 12.6 Å². The minimum Gasteiger partial charge on any atom is -0.351 e. The predicted octanol–water partition coefficient (Wildman–Crippen LogP) is 0.995. The molecule has 1 aliphatic rings. The zero-order valence-corrected chi connectivity index (χ0v) is 13.0. The average Bonchev–Trinajstić information content (AvgIpc) is 2.93. The van der Waals surface area contributed by atoms with E-state index in [1.807, 2.05) is 4.90 Å². The third kappa shape index (κ3) is 4.04. The lowest BCUT2D eigenvalue weighted by Crippen LogP contribution is -2.46. The number of halogens is 1. The summed E-state index contributed by atoms with van der Waals surface area (Å²) in [7, 11) is 3.44. The van der Waals surface area contributed by atoms with E-state index in [1.54, 1.807) is 37.2 Å². The minimum atomic E-state index is -0.329. The van der Waals surface area contributed by atoms with Crippen LogP contribution in [0.3, 0.4) is 0 Å². The average molecular weight is 307 g/mol. The van der Waals surface area contributed by atoms with Gasteiger partial charge in [0.25, 0.3) is 0 Å². The van der Waals surface area contributed by atoms with E-state index in [-0.39, 0.29) is 36.8 Å². The fraction of sp³-hybridized carbons (Fsp3) is 0.500. The van der Waals surface area contributed by atoms with Gasteiger partial charge < -0.3 is 10.2 Å².